The third kappa shape index (κ3) is 5.90. The van der Waals surface area contributed by atoms with Crippen LogP contribution in [0, 0.1) is 5.82 Å². The maximum Gasteiger partial charge on any atom is 0.193 e. The fourth-order valence-corrected chi connectivity index (χ4v) is 3.55. The Balaban J connectivity index is 0.00000320. The minimum absolute atomic E-state index is 0. The number of guanidine groups is 1. The minimum atomic E-state index is -0.168. The summed E-state index contributed by atoms with van der Waals surface area (Å²) in [6, 6.07) is 12.9. The van der Waals surface area contributed by atoms with Gasteiger partial charge in [0.2, 0.25) is 0 Å². The fourth-order valence-electron chi connectivity index (χ4n) is 3.55. The number of benzene rings is 2. The monoisotopic (exact) mass is 528 g/mol. The van der Waals surface area contributed by atoms with Crippen molar-refractivity contribution in [1.82, 2.24) is 10.2 Å². The number of methoxy groups -OCH3 is 2. The average Bonchev–Trinajstić information content (AvgIpc) is 2.77. The Morgan fingerprint density at radius 1 is 1.03 bits per heavy atom. The lowest BCUT2D eigenvalue weighted by Gasteiger charge is -2.37. The summed E-state index contributed by atoms with van der Waals surface area (Å²) >= 11 is 0. The van der Waals surface area contributed by atoms with Gasteiger partial charge in [-0.2, -0.15) is 0 Å². The molecule has 0 spiro atoms. The standard InChI is InChI=1S/C22H29FN4O2.HI/c1-24-22(25-11-10-17-8-9-20(28-2)21(16-17)29-3)27-14-12-26(13-15-27)19-7-5-4-6-18(19)23;/h4-9,16H,10-15H2,1-3H3,(H,24,25);1H. The van der Waals surface area contributed by atoms with Crippen LogP contribution in [0.4, 0.5) is 10.1 Å². The van der Waals surface area contributed by atoms with E-state index >= 15 is 0 Å². The van der Waals surface area contributed by atoms with Gasteiger partial charge >= 0.3 is 0 Å². The molecule has 1 fully saturated rings. The quantitative estimate of drug-likeness (QED) is 0.354. The van der Waals surface area contributed by atoms with Gasteiger partial charge in [0, 0.05) is 39.8 Å². The molecule has 0 aromatic heterocycles. The number of halogens is 2. The van der Waals surface area contributed by atoms with E-state index in [-0.39, 0.29) is 29.8 Å². The molecule has 30 heavy (non-hydrogen) atoms. The van der Waals surface area contributed by atoms with Crippen molar-refractivity contribution >= 4 is 35.6 Å². The van der Waals surface area contributed by atoms with Gasteiger partial charge in [-0.3, -0.25) is 4.99 Å². The molecule has 6 nitrogen and oxygen atoms in total. The number of rotatable bonds is 6. The number of ether oxygens (including phenoxy) is 2. The largest absolute Gasteiger partial charge is 0.493 e. The fraction of sp³-hybridized carbons (Fsp3) is 0.409. The molecule has 0 unspecified atom stereocenters. The summed E-state index contributed by atoms with van der Waals surface area (Å²) in [6.07, 6.45) is 0.842. The first-order chi connectivity index (χ1) is 14.2. The lowest BCUT2D eigenvalue weighted by molar-refractivity contribution is 0.354. The van der Waals surface area contributed by atoms with Gasteiger partial charge in [-0.1, -0.05) is 18.2 Å². The van der Waals surface area contributed by atoms with Crippen LogP contribution < -0.4 is 19.7 Å². The van der Waals surface area contributed by atoms with Crippen molar-refractivity contribution in [2.24, 2.45) is 4.99 Å². The van der Waals surface area contributed by atoms with Crippen LogP contribution in [0.3, 0.4) is 0 Å². The van der Waals surface area contributed by atoms with Crippen molar-refractivity contribution < 1.29 is 13.9 Å². The summed E-state index contributed by atoms with van der Waals surface area (Å²) < 4.78 is 24.7. The molecule has 0 atom stereocenters. The van der Waals surface area contributed by atoms with Gasteiger partial charge in [0.05, 0.1) is 19.9 Å². The molecule has 0 aliphatic carbocycles. The van der Waals surface area contributed by atoms with E-state index < -0.39 is 0 Å². The van der Waals surface area contributed by atoms with Crippen LogP contribution in [0.1, 0.15) is 5.56 Å². The number of anilines is 1. The van der Waals surface area contributed by atoms with Crippen molar-refractivity contribution in [2.75, 3.05) is 58.9 Å². The number of para-hydroxylation sites is 1. The summed E-state index contributed by atoms with van der Waals surface area (Å²) in [6.45, 7) is 3.87. The predicted octanol–water partition coefficient (Wildman–Crippen LogP) is 3.40. The summed E-state index contributed by atoms with van der Waals surface area (Å²) in [5.41, 5.74) is 1.83. The van der Waals surface area contributed by atoms with Crippen molar-refractivity contribution in [3.05, 3.63) is 53.8 Å². The first kappa shape index (κ1) is 24.0. The molecule has 0 radical (unpaired) electrons. The van der Waals surface area contributed by atoms with E-state index in [0.29, 0.717) is 5.69 Å². The first-order valence-corrected chi connectivity index (χ1v) is 9.82. The summed E-state index contributed by atoms with van der Waals surface area (Å²) in [4.78, 5) is 8.71. The van der Waals surface area contributed by atoms with E-state index in [1.165, 1.54) is 6.07 Å². The highest BCUT2D eigenvalue weighted by Crippen LogP contribution is 2.27. The van der Waals surface area contributed by atoms with Crippen LogP contribution in [0.25, 0.3) is 0 Å². The van der Waals surface area contributed by atoms with E-state index in [9.17, 15) is 4.39 Å². The molecule has 0 saturated carbocycles. The molecule has 2 aromatic rings. The van der Waals surface area contributed by atoms with Crippen molar-refractivity contribution in [2.45, 2.75) is 6.42 Å². The third-order valence-corrected chi connectivity index (χ3v) is 5.13. The maximum atomic E-state index is 14.0. The highest BCUT2D eigenvalue weighted by molar-refractivity contribution is 14.0. The van der Waals surface area contributed by atoms with Gasteiger partial charge in [0.15, 0.2) is 17.5 Å². The molecule has 0 bridgehead atoms. The first-order valence-electron chi connectivity index (χ1n) is 9.82. The second kappa shape index (κ2) is 11.8. The summed E-state index contributed by atoms with van der Waals surface area (Å²) in [7, 11) is 5.07. The van der Waals surface area contributed by atoms with Gasteiger partial charge in [0.25, 0.3) is 0 Å². The number of hydrogen-bond donors (Lipinski definition) is 1. The molecule has 1 aliphatic rings. The highest BCUT2D eigenvalue weighted by Gasteiger charge is 2.21. The van der Waals surface area contributed by atoms with Gasteiger partial charge in [-0.15, -0.1) is 24.0 Å². The number of hydrogen-bond acceptors (Lipinski definition) is 4. The predicted molar refractivity (Wildman–Crippen MR) is 130 cm³/mol. The molecule has 1 heterocycles. The topological polar surface area (TPSA) is 49.3 Å². The summed E-state index contributed by atoms with van der Waals surface area (Å²) in [5.74, 6) is 2.17. The van der Waals surface area contributed by atoms with Gasteiger partial charge < -0.3 is 24.6 Å². The number of aliphatic imine (C=N–C) groups is 1. The number of nitrogens with zero attached hydrogens (tertiary/aromatic N) is 3. The Hall–Kier alpha value is -2.23. The van der Waals surface area contributed by atoms with Gasteiger partial charge in [-0.25, -0.2) is 4.39 Å². The minimum Gasteiger partial charge on any atom is -0.493 e. The highest BCUT2D eigenvalue weighted by atomic mass is 127. The molecule has 1 aliphatic heterocycles. The van der Waals surface area contributed by atoms with Crippen LogP contribution in [0.15, 0.2) is 47.5 Å². The van der Waals surface area contributed by atoms with Crippen LogP contribution in [0.2, 0.25) is 0 Å². The number of piperazine rings is 1. The summed E-state index contributed by atoms with van der Waals surface area (Å²) in [5, 5.41) is 3.43. The van der Waals surface area contributed by atoms with Crippen LogP contribution in [-0.4, -0.2) is 64.9 Å². The van der Waals surface area contributed by atoms with E-state index in [0.717, 1.165) is 62.2 Å². The molecule has 0 amide bonds. The Morgan fingerprint density at radius 3 is 2.37 bits per heavy atom. The lowest BCUT2D eigenvalue weighted by atomic mass is 10.1. The van der Waals surface area contributed by atoms with Crippen molar-refractivity contribution in [1.29, 1.82) is 0 Å². The van der Waals surface area contributed by atoms with E-state index in [1.54, 1.807) is 27.3 Å². The molecule has 2 aromatic carbocycles. The van der Waals surface area contributed by atoms with Crippen LogP contribution >= 0.6 is 24.0 Å². The SMILES string of the molecule is CN=C(NCCc1ccc(OC)c(OC)c1)N1CCN(c2ccccc2F)CC1.I. The average molecular weight is 528 g/mol. The van der Waals surface area contributed by atoms with E-state index in [4.69, 9.17) is 9.47 Å². The molecule has 8 heteroatoms. The Bertz CT molecular complexity index is 842. The van der Waals surface area contributed by atoms with Gasteiger partial charge in [0.1, 0.15) is 5.82 Å². The molecule has 3 rings (SSSR count). The smallest absolute Gasteiger partial charge is 0.193 e. The molecular weight excluding hydrogens is 498 g/mol. The number of nitrogens with one attached hydrogen (secondary N) is 1. The van der Waals surface area contributed by atoms with E-state index in [1.807, 2.05) is 30.3 Å². The molecule has 1 saturated heterocycles. The van der Waals surface area contributed by atoms with E-state index in [2.05, 4.69) is 20.1 Å². The zero-order valence-electron chi connectivity index (χ0n) is 17.7. The molecule has 164 valence electrons. The van der Waals surface area contributed by atoms with Gasteiger partial charge in [-0.05, 0) is 36.2 Å². The maximum absolute atomic E-state index is 14.0. The zero-order chi connectivity index (χ0) is 20.6. The zero-order valence-corrected chi connectivity index (χ0v) is 20.1. The third-order valence-electron chi connectivity index (χ3n) is 5.13. The van der Waals surface area contributed by atoms with Crippen LogP contribution in [0.5, 0.6) is 11.5 Å². The van der Waals surface area contributed by atoms with Crippen LogP contribution in [-0.2, 0) is 6.42 Å². The lowest BCUT2D eigenvalue weighted by Crippen LogP contribution is -2.53. The van der Waals surface area contributed by atoms with Crippen molar-refractivity contribution in [3.8, 4) is 11.5 Å². The Kier molecular flexibility index (Phi) is 9.48. The molecular formula is C22H30FIN4O2. The molecule has 1 N–H and O–H groups in total. The van der Waals surface area contributed by atoms with Crippen molar-refractivity contribution in [3.63, 3.8) is 0 Å². The Labute approximate surface area is 195 Å². The normalized spacial score (nSPS) is 14.2. The second-order valence-corrected chi connectivity index (χ2v) is 6.84. The second-order valence-electron chi connectivity index (χ2n) is 6.84. The Morgan fingerprint density at radius 2 is 1.73 bits per heavy atom.